The predicted octanol–water partition coefficient (Wildman–Crippen LogP) is 0.749. The minimum absolute atomic E-state index is 0.0466. The lowest BCUT2D eigenvalue weighted by atomic mass is 10.2. The Kier molecular flexibility index (Phi) is 4.32. The minimum atomic E-state index is -3.90. The zero-order valence-corrected chi connectivity index (χ0v) is 12.0. The molecule has 106 valence electrons. The fourth-order valence-electron chi connectivity index (χ4n) is 1.93. The van der Waals surface area contributed by atoms with Gasteiger partial charge in [-0.3, -0.25) is 4.79 Å². The Labute approximate surface area is 121 Å². The van der Waals surface area contributed by atoms with E-state index in [-0.39, 0.29) is 22.8 Å². The molecule has 1 heterocycles. The smallest absolute Gasteiger partial charge is 0.322 e. The molecule has 1 aromatic rings. The molecular weight excluding hydrogens is 300 g/mol. The SMILES string of the molecule is N#Cc1cccc(S(=O)(=O)N2CCSCC2C(=O)O)c1. The third-order valence-corrected chi connectivity index (χ3v) is 5.86. The summed E-state index contributed by atoms with van der Waals surface area (Å²) < 4.78 is 26.0. The third-order valence-electron chi connectivity index (χ3n) is 2.93. The van der Waals surface area contributed by atoms with Crippen molar-refractivity contribution >= 4 is 27.8 Å². The van der Waals surface area contributed by atoms with Crippen LogP contribution in [0.4, 0.5) is 0 Å². The van der Waals surface area contributed by atoms with Crippen LogP contribution < -0.4 is 0 Å². The molecule has 0 radical (unpaired) electrons. The van der Waals surface area contributed by atoms with Gasteiger partial charge in [0.05, 0.1) is 16.5 Å². The average molecular weight is 312 g/mol. The van der Waals surface area contributed by atoms with Crippen molar-refractivity contribution in [1.82, 2.24) is 4.31 Å². The van der Waals surface area contributed by atoms with E-state index in [0.717, 1.165) is 4.31 Å². The van der Waals surface area contributed by atoms with Crippen molar-refractivity contribution in [3.63, 3.8) is 0 Å². The van der Waals surface area contributed by atoms with E-state index in [1.165, 1.54) is 36.0 Å². The van der Waals surface area contributed by atoms with Crippen LogP contribution in [0.1, 0.15) is 5.56 Å². The van der Waals surface area contributed by atoms with E-state index in [0.29, 0.717) is 5.75 Å². The number of hydrogen-bond donors (Lipinski definition) is 1. The quantitative estimate of drug-likeness (QED) is 0.884. The van der Waals surface area contributed by atoms with Crippen LogP contribution in [0.3, 0.4) is 0 Å². The van der Waals surface area contributed by atoms with E-state index >= 15 is 0 Å². The van der Waals surface area contributed by atoms with Crippen molar-refractivity contribution in [2.24, 2.45) is 0 Å². The summed E-state index contributed by atoms with van der Waals surface area (Å²) in [4.78, 5) is 11.1. The molecule has 1 N–H and O–H groups in total. The first-order chi connectivity index (χ1) is 9.46. The highest BCUT2D eigenvalue weighted by Crippen LogP contribution is 2.25. The van der Waals surface area contributed by atoms with E-state index in [4.69, 9.17) is 10.4 Å². The standard InChI is InChI=1S/C12H12N2O4S2/c13-7-9-2-1-3-10(6-9)20(17,18)14-4-5-19-8-11(14)12(15)16/h1-3,6,11H,4-5,8H2,(H,15,16). The van der Waals surface area contributed by atoms with Gasteiger partial charge in [0.1, 0.15) is 6.04 Å². The maximum absolute atomic E-state index is 12.5. The van der Waals surface area contributed by atoms with Gasteiger partial charge < -0.3 is 5.11 Å². The lowest BCUT2D eigenvalue weighted by molar-refractivity contribution is -0.140. The van der Waals surface area contributed by atoms with Gasteiger partial charge in [-0.15, -0.1) is 0 Å². The van der Waals surface area contributed by atoms with Gasteiger partial charge in [0.2, 0.25) is 10.0 Å². The molecule has 0 spiro atoms. The first-order valence-electron chi connectivity index (χ1n) is 5.79. The maximum atomic E-state index is 12.5. The molecule has 1 aliphatic rings. The van der Waals surface area contributed by atoms with Gasteiger partial charge in [-0.1, -0.05) is 6.07 Å². The first-order valence-corrected chi connectivity index (χ1v) is 8.39. The number of aliphatic carboxylic acids is 1. The van der Waals surface area contributed by atoms with Gasteiger partial charge in [0, 0.05) is 18.1 Å². The van der Waals surface area contributed by atoms with Crippen molar-refractivity contribution in [2.45, 2.75) is 10.9 Å². The van der Waals surface area contributed by atoms with Gasteiger partial charge in [-0.05, 0) is 18.2 Å². The van der Waals surface area contributed by atoms with E-state index in [9.17, 15) is 13.2 Å². The van der Waals surface area contributed by atoms with Crippen LogP contribution in [0.2, 0.25) is 0 Å². The highest BCUT2D eigenvalue weighted by Gasteiger charge is 2.38. The molecule has 1 unspecified atom stereocenters. The molecule has 1 saturated heterocycles. The van der Waals surface area contributed by atoms with Crippen molar-refractivity contribution < 1.29 is 18.3 Å². The number of carboxylic acid groups (broad SMARTS) is 1. The molecule has 0 saturated carbocycles. The monoisotopic (exact) mass is 312 g/mol. The molecule has 0 bridgehead atoms. The molecular formula is C12H12N2O4S2. The van der Waals surface area contributed by atoms with Crippen LogP contribution in [-0.2, 0) is 14.8 Å². The van der Waals surface area contributed by atoms with Crippen LogP contribution in [0.15, 0.2) is 29.2 Å². The average Bonchev–Trinajstić information content (AvgIpc) is 2.47. The second-order valence-electron chi connectivity index (χ2n) is 4.18. The number of thioether (sulfide) groups is 1. The van der Waals surface area contributed by atoms with Crippen molar-refractivity contribution in [1.29, 1.82) is 5.26 Å². The van der Waals surface area contributed by atoms with Crippen LogP contribution in [0.5, 0.6) is 0 Å². The number of carbonyl (C=O) groups is 1. The Hall–Kier alpha value is -1.56. The summed E-state index contributed by atoms with van der Waals surface area (Å²) in [5.41, 5.74) is 0.226. The summed E-state index contributed by atoms with van der Waals surface area (Å²) in [6.45, 7) is 0.154. The lowest BCUT2D eigenvalue weighted by Gasteiger charge is -2.31. The minimum Gasteiger partial charge on any atom is -0.480 e. The Morgan fingerprint density at radius 1 is 1.50 bits per heavy atom. The van der Waals surface area contributed by atoms with Crippen LogP contribution in [0.25, 0.3) is 0 Å². The number of hydrogen-bond acceptors (Lipinski definition) is 5. The number of carboxylic acids is 1. The van der Waals surface area contributed by atoms with Gasteiger partial charge in [-0.2, -0.15) is 21.3 Å². The second-order valence-corrected chi connectivity index (χ2v) is 7.22. The van der Waals surface area contributed by atoms with E-state index in [1.54, 1.807) is 0 Å². The molecule has 1 aliphatic heterocycles. The Bertz CT molecular complexity index is 666. The molecule has 6 nitrogen and oxygen atoms in total. The summed E-state index contributed by atoms with van der Waals surface area (Å²) in [5.74, 6) is -0.370. The van der Waals surface area contributed by atoms with Crippen molar-refractivity contribution in [2.75, 3.05) is 18.1 Å². The Morgan fingerprint density at radius 3 is 2.90 bits per heavy atom. The number of rotatable bonds is 3. The fraction of sp³-hybridized carbons (Fsp3) is 0.333. The zero-order chi connectivity index (χ0) is 14.8. The van der Waals surface area contributed by atoms with Crippen LogP contribution in [-0.4, -0.2) is 47.9 Å². The highest BCUT2D eigenvalue weighted by atomic mass is 32.2. The maximum Gasteiger partial charge on any atom is 0.322 e. The molecule has 1 atom stereocenters. The summed E-state index contributed by atoms with van der Waals surface area (Å²) in [5, 5.41) is 18.0. The summed E-state index contributed by atoms with van der Waals surface area (Å²) >= 11 is 1.41. The van der Waals surface area contributed by atoms with Crippen molar-refractivity contribution in [3.05, 3.63) is 29.8 Å². The molecule has 1 aromatic carbocycles. The molecule has 2 rings (SSSR count). The number of nitriles is 1. The van der Waals surface area contributed by atoms with Crippen LogP contribution in [0, 0.1) is 11.3 Å². The van der Waals surface area contributed by atoms with E-state index < -0.39 is 22.0 Å². The number of sulfonamides is 1. The lowest BCUT2D eigenvalue weighted by Crippen LogP contribution is -2.50. The third kappa shape index (κ3) is 2.80. The number of benzene rings is 1. The molecule has 0 amide bonds. The predicted molar refractivity (Wildman–Crippen MR) is 73.8 cm³/mol. The van der Waals surface area contributed by atoms with Crippen molar-refractivity contribution in [3.8, 4) is 6.07 Å². The fourth-order valence-corrected chi connectivity index (χ4v) is 4.81. The molecule has 1 fully saturated rings. The Balaban J connectivity index is 2.42. The largest absolute Gasteiger partial charge is 0.480 e. The first kappa shape index (κ1) is 14.8. The van der Waals surface area contributed by atoms with E-state index in [1.807, 2.05) is 6.07 Å². The van der Waals surface area contributed by atoms with Gasteiger partial charge in [0.25, 0.3) is 0 Å². The highest BCUT2D eigenvalue weighted by molar-refractivity contribution is 7.99. The molecule has 0 aromatic heterocycles. The summed E-state index contributed by atoms with van der Waals surface area (Å²) in [6.07, 6.45) is 0. The molecule has 0 aliphatic carbocycles. The summed E-state index contributed by atoms with van der Waals surface area (Å²) in [6, 6.07) is 6.41. The van der Waals surface area contributed by atoms with Crippen LogP contribution >= 0.6 is 11.8 Å². The topological polar surface area (TPSA) is 98.5 Å². The van der Waals surface area contributed by atoms with Gasteiger partial charge in [0.15, 0.2) is 0 Å². The normalized spacial score (nSPS) is 20.2. The second kappa shape index (κ2) is 5.83. The Morgan fingerprint density at radius 2 is 2.25 bits per heavy atom. The molecule has 8 heteroatoms. The van der Waals surface area contributed by atoms with E-state index in [2.05, 4.69) is 0 Å². The zero-order valence-electron chi connectivity index (χ0n) is 10.4. The van der Waals surface area contributed by atoms with Gasteiger partial charge >= 0.3 is 5.97 Å². The number of nitrogens with zero attached hydrogens (tertiary/aromatic N) is 2. The molecule has 20 heavy (non-hydrogen) atoms. The van der Waals surface area contributed by atoms with Gasteiger partial charge in [-0.25, -0.2) is 8.42 Å². The summed E-state index contributed by atoms with van der Waals surface area (Å²) in [7, 11) is -3.90.